The number of nitro benzene ring substituents is 1. The molecule has 1 amide bonds. The van der Waals surface area contributed by atoms with Crippen LogP contribution < -0.4 is 5.32 Å². The van der Waals surface area contributed by atoms with Gasteiger partial charge in [0.2, 0.25) is 0 Å². The van der Waals surface area contributed by atoms with E-state index in [9.17, 15) is 14.9 Å². The summed E-state index contributed by atoms with van der Waals surface area (Å²) < 4.78 is 0. The Labute approximate surface area is 154 Å². The van der Waals surface area contributed by atoms with Gasteiger partial charge in [0.05, 0.1) is 4.92 Å². The summed E-state index contributed by atoms with van der Waals surface area (Å²) in [6, 6.07) is 12.6. The van der Waals surface area contributed by atoms with E-state index in [-0.39, 0.29) is 11.6 Å². The molecular formula is C20H25N3O3. The minimum atomic E-state index is -0.448. The lowest BCUT2D eigenvalue weighted by Crippen LogP contribution is -2.23. The van der Waals surface area contributed by atoms with Crippen LogP contribution in [-0.2, 0) is 13.1 Å². The highest BCUT2D eigenvalue weighted by Crippen LogP contribution is 2.18. The van der Waals surface area contributed by atoms with Crippen molar-refractivity contribution in [1.82, 2.24) is 10.2 Å². The maximum atomic E-state index is 12.3. The van der Waals surface area contributed by atoms with Gasteiger partial charge in [-0.25, -0.2) is 0 Å². The first-order valence-electron chi connectivity index (χ1n) is 8.78. The largest absolute Gasteiger partial charge is 0.348 e. The lowest BCUT2D eigenvalue weighted by atomic mass is 10.1. The molecule has 0 fully saturated rings. The first kappa shape index (κ1) is 19.6. The molecule has 1 N–H and O–H groups in total. The first-order chi connectivity index (χ1) is 12.4. The monoisotopic (exact) mass is 355 g/mol. The molecule has 0 atom stereocenters. The summed E-state index contributed by atoms with van der Waals surface area (Å²) in [5.74, 6) is -0.241. The second-order valence-electron chi connectivity index (χ2n) is 6.22. The van der Waals surface area contributed by atoms with Crippen molar-refractivity contribution in [3.05, 3.63) is 74.8 Å². The highest BCUT2D eigenvalue weighted by atomic mass is 16.6. The number of amides is 1. The molecule has 0 aliphatic carbocycles. The number of carbonyl (C=O) groups is 1. The third-order valence-electron chi connectivity index (χ3n) is 4.43. The molecule has 2 rings (SSSR count). The maximum Gasteiger partial charge on any atom is 0.272 e. The molecule has 0 aromatic heterocycles. The summed E-state index contributed by atoms with van der Waals surface area (Å²) in [5.41, 5.74) is 3.18. The number of nitrogens with one attached hydrogen (secondary N) is 1. The van der Waals surface area contributed by atoms with Gasteiger partial charge in [0.15, 0.2) is 0 Å². The standard InChI is InChI=1S/C20H25N3O3/c1-4-22(5-2)14-17-8-6-16(7-9-17)13-21-20(24)18-10-11-19(23(25)26)15(3)12-18/h6-12H,4-5,13-14H2,1-3H3,(H,21,24). The van der Waals surface area contributed by atoms with Crippen molar-refractivity contribution in [2.24, 2.45) is 0 Å². The Kier molecular flexibility index (Phi) is 6.86. The van der Waals surface area contributed by atoms with E-state index in [0.29, 0.717) is 17.7 Å². The SMILES string of the molecule is CCN(CC)Cc1ccc(CNC(=O)c2ccc([N+](=O)[O-])c(C)c2)cc1. The van der Waals surface area contributed by atoms with Gasteiger partial charge in [0, 0.05) is 30.3 Å². The van der Waals surface area contributed by atoms with E-state index in [4.69, 9.17) is 0 Å². The smallest absolute Gasteiger partial charge is 0.272 e. The van der Waals surface area contributed by atoms with Gasteiger partial charge in [0.1, 0.15) is 0 Å². The Hall–Kier alpha value is -2.73. The Morgan fingerprint density at radius 3 is 2.23 bits per heavy atom. The van der Waals surface area contributed by atoms with Crippen LogP contribution in [0.5, 0.6) is 0 Å². The van der Waals surface area contributed by atoms with Gasteiger partial charge in [-0.2, -0.15) is 0 Å². The van der Waals surface area contributed by atoms with Crippen molar-refractivity contribution in [3.8, 4) is 0 Å². The van der Waals surface area contributed by atoms with Crippen molar-refractivity contribution >= 4 is 11.6 Å². The molecule has 0 bridgehead atoms. The van der Waals surface area contributed by atoms with Crippen molar-refractivity contribution in [3.63, 3.8) is 0 Å². The second-order valence-corrected chi connectivity index (χ2v) is 6.22. The predicted molar refractivity (Wildman–Crippen MR) is 102 cm³/mol. The van der Waals surface area contributed by atoms with Crippen LogP contribution in [0.15, 0.2) is 42.5 Å². The van der Waals surface area contributed by atoms with Crippen LogP contribution in [0.4, 0.5) is 5.69 Å². The van der Waals surface area contributed by atoms with E-state index in [2.05, 4.69) is 36.2 Å². The minimum absolute atomic E-state index is 0.0188. The van der Waals surface area contributed by atoms with Gasteiger partial charge in [-0.05, 0) is 43.3 Å². The Morgan fingerprint density at radius 2 is 1.69 bits per heavy atom. The number of nitro groups is 1. The van der Waals surface area contributed by atoms with E-state index in [1.807, 2.05) is 12.1 Å². The van der Waals surface area contributed by atoms with E-state index >= 15 is 0 Å². The topological polar surface area (TPSA) is 75.5 Å². The van der Waals surface area contributed by atoms with Gasteiger partial charge >= 0.3 is 0 Å². The van der Waals surface area contributed by atoms with Crippen molar-refractivity contribution in [2.75, 3.05) is 13.1 Å². The Balaban J connectivity index is 1.95. The van der Waals surface area contributed by atoms with Crippen LogP contribution in [0.2, 0.25) is 0 Å². The molecule has 0 aliphatic rings. The second kappa shape index (κ2) is 9.10. The fraction of sp³-hybridized carbons (Fsp3) is 0.350. The molecule has 2 aromatic carbocycles. The van der Waals surface area contributed by atoms with Crippen LogP contribution in [0.25, 0.3) is 0 Å². The molecule has 0 saturated carbocycles. The summed E-state index contributed by atoms with van der Waals surface area (Å²) in [6.45, 7) is 9.29. The van der Waals surface area contributed by atoms with E-state index in [1.54, 1.807) is 13.0 Å². The van der Waals surface area contributed by atoms with Gasteiger partial charge < -0.3 is 5.32 Å². The average Bonchev–Trinajstić information content (AvgIpc) is 2.64. The van der Waals surface area contributed by atoms with Gasteiger partial charge in [-0.15, -0.1) is 0 Å². The zero-order valence-corrected chi connectivity index (χ0v) is 15.5. The molecule has 6 nitrogen and oxygen atoms in total. The third kappa shape index (κ3) is 5.13. The Bertz CT molecular complexity index is 768. The molecule has 0 spiro atoms. The summed E-state index contributed by atoms with van der Waals surface area (Å²) in [6.07, 6.45) is 0. The number of rotatable bonds is 8. The van der Waals surface area contributed by atoms with E-state index in [0.717, 1.165) is 25.2 Å². The fourth-order valence-electron chi connectivity index (χ4n) is 2.75. The molecule has 0 unspecified atom stereocenters. The molecule has 0 radical (unpaired) electrons. The van der Waals surface area contributed by atoms with Crippen molar-refractivity contribution in [1.29, 1.82) is 0 Å². The number of benzene rings is 2. The lowest BCUT2D eigenvalue weighted by Gasteiger charge is -2.18. The van der Waals surface area contributed by atoms with Gasteiger partial charge in [-0.3, -0.25) is 19.8 Å². The Morgan fingerprint density at radius 1 is 1.08 bits per heavy atom. The van der Waals surface area contributed by atoms with Gasteiger partial charge in [0.25, 0.3) is 11.6 Å². The van der Waals surface area contributed by atoms with Crippen molar-refractivity contribution < 1.29 is 9.72 Å². The number of aryl methyl sites for hydroxylation is 1. The molecule has 0 aliphatic heterocycles. The molecule has 0 heterocycles. The van der Waals surface area contributed by atoms with Crippen LogP contribution >= 0.6 is 0 Å². The zero-order valence-electron chi connectivity index (χ0n) is 15.5. The normalized spacial score (nSPS) is 10.8. The minimum Gasteiger partial charge on any atom is -0.348 e. The average molecular weight is 355 g/mol. The van der Waals surface area contributed by atoms with Crippen LogP contribution in [0, 0.1) is 17.0 Å². The molecule has 0 saturated heterocycles. The summed E-state index contributed by atoms with van der Waals surface area (Å²) in [5, 5.41) is 13.7. The lowest BCUT2D eigenvalue weighted by molar-refractivity contribution is -0.385. The van der Waals surface area contributed by atoms with E-state index < -0.39 is 4.92 Å². The first-order valence-corrected chi connectivity index (χ1v) is 8.78. The highest BCUT2D eigenvalue weighted by molar-refractivity contribution is 5.94. The zero-order chi connectivity index (χ0) is 19.1. The van der Waals surface area contributed by atoms with Crippen LogP contribution in [0.3, 0.4) is 0 Å². The third-order valence-corrected chi connectivity index (χ3v) is 4.43. The van der Waals surface area contributed by atoms with Crippen LogP contribution in [-0.4, -0.2) is 28.8 Å². The number of hydrogen-bond acceptors (Lipinski definition) is 4. The van der Waals surface area contributed by atoms with E-state index in [1.165, 1.54) is 17.7 Å². The van der Waals surface area contributed by atoms with Crippen molar-refractivity contribution in [2.45, 2.75) is 33.9 Å². The summed E-state index contributed by atoms with van der Waals surface area (Å²) in [4.78, 5) is 25.0. The summed E-state index contributed by atoms with van der Waals surface area (Å²) >= 11 is 0. The van der Waals surface area contributed by atoms with Crippen LogP contribution in [0.1, 0.15) is 40.9 Å². The molecule has 2 aromatic rings. The number of nitrogens with zero attached hydrogens (tertiary/aromatic N) is 2. The molecule has 26 heavy (non-hydrogen) atoms. The predicted octanol–water partition coefficient (Wildman–Crippen LogP) is 3.68. The molecule has 138 valence electrons. The highest BCUT2D eigenvalue weighted by Gasteiger charge is 2.13. The maximum absolute atomic E-state index is 12.3. The number of carbonyl (C=O) groups excluding carboxylic acids is 1. The number of hydrogen-bond donors (Lipinski definition) is 1. The molecular weight excluding hydrogens is 330 g/mol. The molecule has 6 heteroatoms. The fourth-order valence-corrected chi connectivity index (χ4v) is 2.75. The quantitative estimate of drug-likeness (QED) is 0.579. The summed E-state index contributed by atoms with van der Waals surface area (Å²) in [7, 11) is 0. The van der Waals surface area contributed by atoms with Gasteiger partial charge in [-0.1, -0.05) is 38.1 Å².